The van der Waals surface area contributed by atoms with Gasteiger partial charge in [-0.25, -0.2) is 4.98 Å². The van der Waals surface area contributed by atoms with Gasteiger partial charge in [-0.05, 0) is 24.6 Å². The zero-order valence-corrected chi connectivity index (χ0v) is 15.6. The average Bonchev–Trinajstić information content (AvgIpc) is 2.99. The number of aromatic nitrogens is 4. The van der Waals surface area contributed by atoms with Crippen LogP contribution in [0.5, 0.6) is 6.01 Å². The van der Waals surface area contributed by atoms with Gasteiger partial charge in [-0.1, -0.05) is 11.6 Å². The maximum Gasteiger partial charge on any atom is 0.435 e. The quantitative estimate of drug-likeness (QED) is 0.472. The SMILES string of the molecule is Cc1cc(C(F)(F)F)cc(Cl)c1-c1nc2nc(OCC(F)(F)F)nc(C(F)(F)F)c2[nH]1. The molecule has 0 aliphatic heterocycles. The largest absolute Gasteiger partial charge is 0.454 e. The third kappa shape index (κ3) is 4.94. The first kappa shape index (κ1) is 22.9. The van der Waals surface area contributed by atoms with Gasteiger partial charge in [0.2, 0.25) is 0 Å². The second-order valence-corrected chi connectivity index (χ2v) is 6.60. The Morgan fingerprint density at radius 3 is 2.10 bits per heavy atom. The molecular formula is C16H8ClF9N4O. The predicted molar refractivity (Wildman–Crippen MR) is 88.4 cm³/mol. The first-order valence-corrected chi connectivity index (χ1v) is 8.36. The fourth-order valence-electron chi connectivity index (χ4n) is 2.62. The standard InChI is InChI=1S/C16H8ClF9N4O/c1-5-2-6(15(21,22)23)3-7(17)8(5)11-27-9-10(16(24,25)26)28-13(30-12(9)29-11)31-4-14(18,19)20/h2-3H,4H2,1H3,(H,27,28,29,30). The number of benzene rings is 1. The Kier molecular flexibility index (Phi) is 5.49. The molecule has 0 unspecified atom stereocenters. The van der Waals surface area contributed by atoms with Gasteiger partial charge in [-0.15, -0.1) is 0 Å². The maximum atomic E-state index is 13.4. The lowest BCUT2D eigenvalue weighted by molar-refractivity contribution is -0.155. The summed E-state index contributed by atoms with van der Waals surface area (Å²) in [5.74, 6) is -0.390. The molecule has 0 radical (unpaired) electrons. The Labute approximate surface area is 171 Å². The second kappa shape index (κ2) is 7.43. The van der Waals surface area contributed by atoms with Crippen LogP contribution in [0.2, 0.25) is 5.02 Å². The number of rotatable bonds is 3. The van der Waals surface area contributed by atoms with Crippen molar-refractivity contribution in [3.63, 3.8) is 0 Å². The zero-order chi connectivity index (χ0) is 23.4. The molecule has 3 aromatic rings. The van der Waals surface area contributed by atoms with E-state index in [1.54, 1.807) is 0 Å². The van der Waals surface area contributed by atoms with Crippen molar-refractivity contribution < 1.29 is 44.3 Å². The van der Waals surface area contributed by atoms with Crippen LogP contribution in [0.1, 0.15) is 16.8 Å². The normalized spacial score (nSPS) is 13.1. The van der Waals surface area contributed by atoms with Crippen LogP contribution in [0, 0.1) is 6.92 Å². The van der Waals surface area contributed by atoms with Crippen LogP contribution in [0.4, 0.5) is 39.5 Å². The number of hydrogen-bond acceptors (Lipinski definition) is 4. The monoisotopic (exact) mass is 478 g/mol. The topological polar surface area (TPSA) is 63.7 Å². The molecule has 0 amide bonds. The van der Waals surface area contributed by atoms with Crippen molar-refractivity contribution in [2.75, 3.05) is 6.61 Å². The molecule has 31 heavy (non-hydrogen) atoms. The van der Waals surface area contributed by atoms with E-state index in [0.717, 1.165) is 0 Å². The molecule has 15 heteroatoms. The number of H-pyrrole nitrogens is 1. The molecule has 0 spiro atoms. The molecule has 5 nitrogen and oxygen atoms in total. The summed E-state index contributed by atoms with van der Waals surface area (Å²) in [5.41, 5.74) is -4.52. The molecule has 0 saturated carbocycles. The smallest absolute Gasteiger partial charge is 0.435 e. The van der Waals surface area contributed by atoms with Crippen molar-refractivity contribution in [2.24, 2.45) is 0 Å². The molecule has 2 heterocycles. The maximum absolute atomic E-state index is 13.4. The van der Waals surface area contributed by atoms with E-state index in [4.69, 9.17) is 11.6 Å². The summed E-state index contributed by atoms with van der Waals surface area (Å²) in [4.78, 5) is 12.3. The van der Waals surface area contributed by atoms with Crippen molar-refractivity contribution in [1.29, 1.82) is 0 Å². The molecule has 0 saturated heterocycles. The third-order valence-electron chi connectivity index (χ3n) is 3.82. The molecule has 1 N–H and O–H groups in total. The van der Waals surface area contributed by atoms with E-state index in [1.807, 2.05) is 0 Å². The molecular weight excluding hydrogens is 471 g/mol. The predicted octanol–water partition coefficient (Wildman–Crippen LogP) is 5.96. The van der Waals surface area contributed by atoms with Gasteiger partial charge >= 0.3 is 24.5 Å². The first-order valence-electron chi connectivity index (χ1n) is 7.98. The lowest BCUT2D eigenvalue weighted by atomic mass is 10.0. The molecule has 2 aromatic heterocycles. The molecule has 1 aromatic carbocycles. The second-order valence-electron chi connectivity index (χ2n) is 6.19. The third-order valence-corrected chi connectivity index (χ3v) is 4.11. The van der Waals surface area contributed by atoms with Gasteiger partial charge in [0.15, 0.2) is 17.9 Å². The Balaban J connectivity index is 2.16. The molecule has 0 aliphatic carbocycles. The Morgan fingerprint density at radius 2 is 1.58 bits per heavy atom. The number of imidazole rings is 1. The van der Waals surface area contributed by atoms with Crippen molar-refractivity contribution in [3.05, 3.63) is 34.0 Å². The summed E-state index contributed by atoms with van der Waals surface area (Å²) in [6.07, 6.45) is -14.7. The fourth-order valence-corrected chi connectivity index (χ4v) is 2.98. The number of hydrogen-bond donors (Lipinski definition) is 1. The Hall–Kier alpha value is -2.77. The van der Waals surface area contributed by atoms with E-state index in [9.17, 15) is 39.5 Å². The fraction of sp³-hybridized carbons (Fsp3) is 0.312. The van der Waals surface area contributed by atoms with E-state index < -0.39 is 58.6 Å². The first-order chi connectivity index (χ1) is 14.1. The van der Waals surface area contributed by atoms with Gasteiger partial charge < -0.3 is 9.72 Å². The minimum atomic E-state index is -5.14. The highest BCUT2D eigenvalue weighted by Gasteiger charge is 2.38. The van der Waals surface area contributed by atoms with Crippen LogP contribution in [0.3, 0.4) is 0 Å². The van der Waals surface area contributed by atoms with Crippen molar-refractivity contribution in [3.8, 4) is 17.4 Å². The summed E-state index contributed by atoms with van der Waals surface area (Å²) in [6, 6.07) is 0.0407. The van der Waals surface area contributed by atoms with Crippen molar-refractivity contribution in [2.45, 2.75) is 25.5 Å². The highest BCUT2D eigenvalue weighted by molar-refractivity contribution is 6.33. The number of ether oxygens (including phenoxy) is 1. The van der Waals surface area contributed by atoms with Gasteiger partial charge in [-0.2, -0.15) is 49.5 Å². The number of halogens is 10. The van der Waals surface area contributed by atoms with E-state index >= 15 is 0 Å². The number of alkyl halides is 9. The number of aromatic amines is 1. The minimum absolute atomic E-state index is 0.0751. The van der Waals surface area contributed by atoms with Crippen LogP contribution >= 0.6 is 11.6 Å². The van der Waals surface area contributed by atoms with Crippen molar-refractivity contribution >= 4 is 22.8 Å². The molecule has 0 aliphatic rings. The van der Waals surface area contributed by atoms with Gasteiger partial charge in [0.25, 0.3) is 0 Å². The van der Waals surface area contributed by atoms with Crippen molar-refractivity contribution in [1.82, 2.24) is 19.9 Å². The van der Waals surface area contributed by atoms with Gasteiger partial charge in [0, 0.05) is 5.56 Å². The Morgan fingerprint density at radius 1 is 0.935 bits per heavy atom. The summed E-state index contributed by atoms with van der Waals surface area (Å²) in [6.45, 7) is -0.727. The Bertz CT molecular complexity index is 1110. The van der Waals surface area contributed by atoms with Crippen LogP contribution in [-0.2, 0) is 12.4 Å². The lowest BCUT2D eigenvalue weighted by Gasteiger charge is -2.12. The summed E-state index contributed by atoms with van der Waals surface area (Å²) in [5, 5.41) is -0.471. The zero-order valence-electron chi connectivity index (χ0n) is 14.9. The van der Waals surface area contributed by atoms with E-state index in [-0.39, 0.29) is 17.0 Å². The average molecular weight is 479 g/mol. The molecule has 0 atom stereocenters. The van der Waals surface area contributed by atoms with Gasteiger partial charge in [0.05, 0.1) is 10.6 Å². The number of aryl methyl sites for hydroxylation is 1. The number of nitrogens with zero attached hydrogens (tertiary/aromatic N) is 3. The van der Waals surface area contributed by atoms with Gasteiger partial charge in [0.1, 0.15) is 11.3 Å². The molecule has 0 bridgehead atoms. The van der Waals surface area contributed by atoms with Crippen LogP contribution in [0.15, 0.2) is 12.1 Å². The highest BCUT2D eigenvalue weighted by Crippen LogP contribution is 2.39. The molecule has 0 fully saturated rings. The molecule has 168 valence electrons. The van der Waals surface area contributed by atoms with Crippen LogP contribution in [-0.4, -0.2) is 32.7 Å². The van der Waals surface area contributed by atoms with Gasteiger partial charge in [-0.3, -0.25) is 0 Å². The number of fused-ring (bicyclic) bond motifs is 1. The van der Waals surface area contributed by atoms with Crippen LogP contribution < -0.4 is 4.74 Å². The molecule has 3 rings (SSSR count). The summed E-state index contributed by atoms with van der Waals surface area (Å²) < 4.78 is 120. The number of nitrogens with one attached hydrogen (secondary N) is 1. The van der Waals surface area contributed by atoms with E-state index in [1.165, 1.54) is 6.92 Å². The van der Waals surface area contributed by atoms with E-state index in [2.05, 4.69) is 24.7 Å². The van der Waals surface area contributed by atoms with Crippen LogP contribution in [0.25, 0.3) is 22.6 Å². The minimum Gasteiger partial charge on any atom is -0.454 e. The lowest BCUT2D eigenvalue weighted by Crippen LogP contribution is -2.21. The van der Waals surface area contributed by atoms with E-state index in [0.29, 0.717) is 12.1 Å². The summed E-state index contributed by atoms with van der Waals surface area (Å²) in [7, 11) is 0. The summed E-state index contributed by atoms with van der Waals surface area (Å²) >= 11 is 5.90. The highest BCUT2D eigenvalue weighted by atomic mass is 35.5.